The highest BCUT2D eigenvalue weighted by Crippen LogP contribution is 2.19. The lowest BCUT2D eigenvalue weighted by molar-refractivity contribution is 0.169. The molecule has 102 valence electrons. The molecule has 0 spiro atoms. The summed E-state index contributed by atoms with van der Waals surface area (Å²) in [5.41, 5.74) is 0. The van der Waals surface area contributed by atoms with E-state index >= 15 is 0 Å². The third kappa shape index (κ3) is 4.15. The highest BCUT2D eigenvalue weighted by molar-refractivity contribution is 5.32. The van der Waals surface area contributed by atoms with Gasteiger partial charge in [-0.2, -0.15) is 5.26 Å². The van der Waals surface area contributed by atoms with E-state index in [1.54, 1.807) is 7.11 Å². The first-order valence-corrected chi connectivity index (χ1v) is 6.70. The minimum Gasteiger partial charge on any atom is -0.497 e. The van der Waals surface area contributed by atoms with Crippen molar-refractivity contribution in [3.05, 3.63) is 24.3 Å². The van der Waals surface area contributed by atoms with Gasteiger partial charge in [-0.15, -0.1) is 0 Å². The van der Waals surface area contributed by atoms with Crippen LogP contribution >= 0.6 is 0 Å². The summed E-state index contributed by atoms with van der Waals surface area (Å²) in [7, 11) is 1.65. The molecule has 1 aliphatic rings. The van der Waals surface area contributed by atoms with Crippen molar-refractivity contribution in [3.8, 4) is 17.6 Å². The number of nitrogens with zero attached hydrogens (tertiary/aromatic N) is 2. The molecule has 4 nitrogen and oxygen atoms in total. The predicted molar refractivity (Wildman–Crippen MR) is 73.3 cm³/mol. The molecule has 0 unspecified atom stereocenters. The maximum atomic E-state index is 8.85. The van der Waals surface area contributed by atoms with E-state index in [0.717, 1.165) is 44.0 Å². The van der Waals surface area contributed by atoms with Crippen LogP contribution in [-0.4, -0.2) is 38.3 Å². The van der Waals surface area contributed by atoms with Gasteiger partial charge in [0.05, 0.1) is 13.2 Å². The first kappa shape index (κ1) is 13.7. The van der Waals surface area contributed by atoms with E-state index in [2.05, 4.69) is 11.0 Å². The Labute approximate surface area is 114 Å². The van der Waals surface area contributed by atoms with E-state index in [1.807, 2.05) is 24.3 Å². The summed E-state index contributed by atoms with van der Waals surface area (Å²) >= 11 is 0. The molecule has 1 heterocycles. The van der Waals surface area contributed by atoms with Crippen molar-refractivity contribution in [3.63, 3.8) is 0 Å². The van der Waals surface area contributed by atoms with E-state index in [9.17, 15) is 0 Å². The van der Waals surface area contributed by atoms with E-state index < -0.39 is 0 Å². The summed E-state index contributed by atoms with van der Waals surface area (Å²) in [6, 6.07) is 10.00. The molecule has 1 saturated heterocycles. The van der Waals surface area contributed by atoms with Crippen LogP contribution in [0, 0.1) is 17.2 Å². The number of ether oxygens (including phenoxy) is 2. The molecule has 0 radical (unpaired) electrons. The molecule has 1 aromatic carbocycles. The standard InChI is InChI=1S/C15H20N2O2/c1-18-14-3-2-4-15(11-14)19-10-9-17-7-5-13(12-16)6-8-17/h2-4,11,13H,5-10H2,1H3. The third-order valence-corrected chi connectivity index (χ3v) is 3.49. The van der Waals surface area contributed by atoms with Crippen LogP contribution in [0.5, 0.6) is 11.5 Å². The van der Waals surface area contributed by atoms with Gasteiger partial charge in [-0.25, -0.2) is 0 Å². The van der Waals surface area contributed by atoms with Crippen LogP contribution < -0.4 is 9.47 Å². The van der Waals surface area contributed by atoms with E-state index in [4.69, 9.17) is 14.7 Å². The van der Waals surface area contributed by atoms with Crippen LogP contribution in [0.1, 0.15) is 12.8 Å². The van der Waals surface area contributed by atoms with Crippen LogP contribution in [0.25, 0.3) is 0 Å². The second-order valence-electron chi connectivity index (χ2n) is 4.77. The van der Waals surface area contributed by atoms with E-state index in [0.29, 0.717) is 6.61 Å². The summed E-state index contributed by atoms with van der Waals surface area (Å²) in [5, 5.41) is 8.85. The molecule has 1 aliphatic heterocycles. The second kappa shape index (κ2) is 7.01. The topological polar surface area (TPSA) is 45.5 Å². The molecule has 2 rings (SSSR count). The number of hydrogen-bond donors (Lipinski definition) is 0. The number of piperidine rings is 1. The third-order valence-electron chi connectivity index (χ3n) is 3.49. The van der Waals surface area contributed by atoms with Crippen molar-refractivity contribution in [1.29, 1.82) is 5.26 Å². The summed E-state index contributed by atoms with van der Waals surface area (Å²) in [6.45, 7) is 3.58. The maximum Gasteiger partial charge on any atom is 0.123 e. The number of likely N-dealkylation sites (tertiary alicyclic amines) is 1. The van der Waals surface area contributed by atoms with Gasteiger partial charge in [0, 0.05) is 18.5 Å². The van der Waals surface area contributed by atoms with Gasteiger partial charge in [-0.3, -0.25) is 4.90 Å². The van der Waals surface area contributed by atoms with Crippen molar-refractivity contribution < 1.29 is 9.47 Å². The van der Waals surface area contributed by atoms with E-state index in [1.165, 1.54) is 0 Å². The number of benzene rings is 1. The molecule has 0 amide bonds. The van der Waals surface area contributed by atoms with Crippen LogP contribution in [0.2, 0.25) is 0 Å². The molecule has 19 heavy (non-hydrogen) atoms. The Bertz CT molecular complexity index is 434. The zero-order chi connectivity index (χ0) is 13.5. The molecule has 0 N–H and O–H groups in total. The average molecular weight is 260 g/mol. The molecule has 0 aromatic heterocycles. The summed E-state index contributed by atoms with van der Waals surface area (Å²) in [5.74, 6) is 1.90. The number of rotatable bonds is 5. The van der Waals surface area contributed by atoms with Gasteiger partial charge in [0.15, 0.2) is 0 Å². The monoisotopic (exact) mass is 260 g/mol. The molecule has 0 saturated carbocycles. The number of hydrogen-bond acceptors (Lipinski definition) is 4. The zero-order valence-electron chi connectivity index (χ0n) is 11.3. The summed E-state index contributed by atoms with van der Waals surface area (Å²) in [4.78, 5) is 2.36. The molecule has 1 aromatic rings. The minimum absolute atomic E-state index is 0.246. The lowest BCUT2D eigenvalue weighted by Gasteiger charge is -2.28. The minimum atomic E-state index is 0.246. The van der Waals surface area contributed by atoms with Crippen LogP contribution in [0.15, 0.2) is 24.3 Å². The first-order chi connectivity index (χ1) is 9.31. The highest BCUT2D eigenvalue weighted by Gasteiger charge is 2.18. The van der Waals surface area contributed by atoms with Gasteiger partial charge < -0.3 is 9.47 Å². The fraction of sp³-hybridized carbons (Fsp3) is 0.533. The Balaban J connectivity index is 1.70. The second-order valence-corrected chi connectivity index (χ2v) is 4.77. The Morgan fingerprint density at radius 3 is 2.74 bits per heavy atom. The maximum absolute atomic E-state index is 8.85. The summed E-state index contributed by atoms with van der Waals surface area (Å²) < 4.78 is 10.9. The van der Waals surface area contributed by atoms with E-state index in [-0.39, 0.29) is 5.92 Å². The zero-order valence-corrected chi connectivity index (χ0v) is 11.3. The van der Waals surface area contributed by atoms with Gasteiger partial charge in [-0.1, -0.05) is 6.07 Å². The lowest BCUT2D eigenvalue weighted by Crippen LogP contribution is -2.36. The smallest absolute Gasteiger partial charge is 0.123 e. The van der Waals surface area contributed by atoms with Crippen molar-refractivity contribution in [2.24, 2.45) is 5.92 Å². The largest absolute Gasteiger partial charge is 0.497 e. The molecule has 4 heteroatoms. The number of nitriles is 1. The van der Waals surface area contributed by atoms with Gasteiger partial charge in [0.25, 0.3) is 0 Å². The molecule has 0 bridgehead atoms. The Morgan fingerprint density at radius 2 is 2.05 bits per heavy atom. The van der Waals surface area contributed by atoms with Gasteiger partial charge >= 0.3 is 0 Å². The van der Waals surface area contributed by atoms with Crippen molar-refractivity contribution >= 4 is 0 Å². The first-order valence-electron chi connectivity index (χ1n) is 6.70. The molecular weight excluding hydrogens is 240 g/mol. The number of methoxy groups -OCH3 is 1. The van der Waals surface area contributed by atoms with Crippen molar-refractivity contribution in [1.82, 2.24) is 4.90 Å². The molecular formula is C15H20N2O2. The normalized spacial score (nSPS) is 16.8. The van der Waals surface area contributed by atoms with Crippen LogP contribution in [0.3, 0.4) is 0 Å². The Kier molecular flexibility index (Phi) is 5.05. The SMILES string of the molecule is COc1cccc(OCCN2CCC(C#N)CC2)c1. The lowest BCUT2D eigenvalue weighted by atomic mass is 9.99. The Hall–Kier alpha value is -1.73. The Morgan fingerprint density at radius 1 is 1.32 bits per heavy atom. The van der Waals surface area contributed by atoms with Gasteiger partial charge in [-0.05, 0) is 38.1 Å². The fourth-order valence-electron chi connectivity index (χ4n) is 2.27. The highest BCUT2D eigenvalue weighted by atomic mass is 16.5. The van der Waals surface area contributed by atoms with Gasteiger partial charge in [0.1, 0.15) is 18.1 Å². The summed E-state index contributed by atoms with van der Waals surface area (Å²) in [6.07, 6.45) is 1.96. The average Bonchev–Trinajstić information content (AvgIpc) is 2.48. The molecule has 0 aliphatic carbocycles. The van der Waals surface area contributed by atoms with Crippen LogP contribution in [0.4, 0.5) is 0 Å². The quantitative estimate of drug-likeness (QED) is 0.815. The van der Waals surface area contributed by atoms with Crippen molar-refractivity contribution in [2.45, 2.75) is 12.8 Å². The molecule has 1 fully saturated rings. The molecule has 0 atom stereocenters. The van der Waals surface area contributed by atoms with Gasteiger partial charge in [0.2, 0.25) is 0 Å². The van der Waals surface area contributed by atoms with Crippen LogP contribution in [-0.2, 0) is 0 Å². The fourth-order valence-corrected chi connectivity index (χ4v) is 2.27. The van der Waals surface area contributed by atoms with Crippen molar-refractivity contribution in [2.75, 3.05) is 33.4 Å². The predicted octanol–water partition coefficient (Wildman–Crippen LogP) is 2.31.